The fourth-order valence-electron chi connectivity index (χ4n) is 5.06. The first-order valence-electron chi connectivity index (χ1n) is 10.5. The highest BCUT2D eigenvalue weighted by molar-refractivity contribution is 6.44. The van der Waals surface area contributed by atoms with E-state index in [1.54, 1.807) is 6.07 Å². The predicted octanol–water partition coefficient (Wildman–Crippen LogP) is 3.93. The molecular weight excluding hydrogens is 435 g/mol. The smallest absolute Gasteiger partial charge is 0.172 e. The molecule has 2 aliphatic rings. The van der Waals surface area contributed by atoms with Gasteiger partial charge < -0.3 is 21.1 Å². The Bertz CT molecular complexity index is 1150. The molecule has 5 rings (SSSR count). The van der Waals surface area contributed by atoms with Gasteiger partial charge in [0.15, 0.2) is 5.65 Å². The van der Waals surface area contributed by atoms with Crippen LogP contribution in [-0.4, -0.2) is 46.4 Å². The number of halogens is 2. The summed E-state index contributed by atoms with van der Waals surface area (Å²) in [5.74, 6) is 1.77. The highest BCUT2D eigenvalue weighted by Crippen LogP contribution is 2.44. The van der Waals surface area contributed by atoms with Crippen molar-refractivity contribution < 1.29 is 4.74 Å². The number of nitrogens with zero attached hydrogens (tertiary/aromatic N) is 4. The van der Waals surface area contributed by atoms with Crippen LogP contribution in [0, 0.1) is 12.3 Å². The number of benzene rings is 1. The van der Waals surface area contributed by atoms with E-state index in [-0.39, 0.29) is 17.6 Å². The van der Waals surface area contributed by atoms with Crippen LogP contribution >= 0.6 is 23.2 Å². The van der Waals surface area contributed by atoms with Gasteiger partial charge in [0, 0.05) is 41.9 Å². The molecule has 1 aromatic carbocycles. The van der Waals surface area contributed by atoms with Crippen LogP contribution in [0.1, 0.15) is 25.6 Å². The monoisotopic (exact) mass is 460 g/mol. The van der Waals surface area contributed by atoms with E-state index >= 15 is 0 Å². The molecule has 4 heterocycles. The first kappa shape index (κ1) is 20.8. The zero-order valence-corrected chi connectivity index (χ0v) is 19.1. The molecule has 2 fully saturated rings. The Morgan fingerprint density at radius 2 is 1.94 bits per heavy atom. The van der Waals surface area contributed by atoms with E-state index in [2.05, 4.69) is 26.4 Å². The van der Waals surface area contributed by atoms with Crippen molar-refractivity contribution in [3.63, 3.8) is 0 Å². The van der Waals surface area contributed by atoms with E-state index in [9.17, 15) is 0 Å². The van der Waals surface area contributed by atoms with Gasteiger partial charge in [-0.1, -0.05) is 35.3 Å². The van der Waals surface area contributed by atoms with Crippen LogP contribution in [-0.2, 0) is 4.74 Å². The van der Waals surface area contributed by atoms with Gasteiger partial charge in [-0.15, -0.1) is 10.2 Å². The molecule has 2 saturated heterocycles. The summed E-state index contributed by atoms with van der Waals surface area (Å²) in [4.78, 5) is 2.34. The summed E-state index contributed by atoms with van der Waals surface area (Å²) >= 11 is 12.8. The molecule has 0 radical (unpaired) electrons. The molecular formula is C22H26Cl2N6O. The maximum absolute atomic E-state index is 6.56. The molecule has 31 heavy (non-hydrogen) atoms. The lowest BCUT2D eigenvalue weighted by molar-refractivity contribution is 0.0974. The van der Waals surface area contributed by atoms with Gasteiger partial charge in [0.1, 0.15) is 11.6 Å². The summed E-state index contributed by atoms with van der Waals surface area (Å²) in [7, 11) is 0. The maximum Gasteiger partial charge on any atom is 0.172 e. The molecule has 0 bridgehead atoms. The van der Waals surface area contributed by atoms with Crippen molar-refractivity contribution >= 4 is 40.4 Å². The Balaban J connectivity index is 1.56. The minimum Gasteiger partial charge on any atom is -0.398 e. The predicted molar refractivity (Wildman–Crippen MR) is 125 cm³/mol. The maximum atomic E-state index is 6.56. The van der Waals surface area contributed by atoms with Gasteiger partial charge >= 0.3 is 0 Å². The fourth-order valence-corrected chi connectivity index (χ4v) is 5.46. The molecule has 0 saturated carbocycles. The topological polar surface area (TPSA) is 94.7 Å². The van der Waals surface area contributed by atoms with Gasteiger partial charge in [0.05, 0.1) is 28.3 Å². The second-order valence-corrected chi connectivity index (χ2v) is 9.52. The fraction of sp³-hybridized carbons (Fsp3) is 0.455. The van der Waals surface area contributed by atoms with Gasteiger partial charge in [0.2, 0.25) is 0 Å². The van der Waals surface area contributed by atoms with Crippen LogP contribution in [0.3, 0.4) is 0 Å². The number of ether oxygens (including phenoxy) is 1. The van der Waals surface area contributed by atoms with Gasteiger partial charge in [-0.2, -0.15) is 0 Å². The number of pyridine rings is 1. The number of hydrogen-bond acceptors (Lipinski definition) is 6. The molecule has 0 amide bonds. The van der Waals surface area contributed by atoms with Crippen molar-refractivity contribution in [3.05, 3.63) is 40.1 Å². The molecule has 164 valence electrons. The van der Waals surface area contributed by atoms with Crippen molar-refractivity contribution in [2.75, 3.05) is 30.3 Å². The van der Waals surface area contributed by atoms with Crippen LogP contribution in [0.25, 0.3) is 16.8 Å². The van der Waals surface area contributed by atoms with E-state index in [4.69, 9.17) is 39.4 Å². The number of hydrogen-bond donors (Lipinski definition) is 2. The molecule has 9 heteroatoms. The van der Waals surface area contributed by atoms with Crippen LogP contribution in [0.5, 0.6) is 0 Å². The normalized spacial score (nSPS) is 23.2. The van der Waals surface area contributed by atoms with E-state index in [0.717, 1.165) is 55.3 Å². The summed E-state index contributed by atoms with van der Waals surface area (Å²) in [6, 6.07) is 7.57. The van der Waals surface area contributed by atoms with Crippen molar-refractivity contribution in [2.45, 2.75) is 38.8 Å². The zero-order chi connectivity index (χ0) is 21.9. The lowest BCUT2D eigenvalue weighted by Gasteiger charge is -2.42. The third-order valence-corrected chi connectivity index (χ3v) is 7.82. The van der Waals surface area contributed by atoms with Crippen molar-refractivity contribution in [2.24, 2.45) is 11.1 Å². The highest BCUT2D eigenvalue weighted by atomic mass is 35.5. The molecule has 0 aliphatic carbocycles. The second kappa shape index (κ2) is 7.52. The summed E-state index contributed by atoms with van der Waals surface area (Å²) < 4.78 is 7.92. The van der Waals surface area contributed by atoms with Crippen LogP contribution < -0.4 is 16.4 Å². The van der Waals surface area contributed by atoms with Crippen molar-refractivity contribution in [1.82, 2.24) is 14.6 Å². The molecule has 2 aliphatic heterocycles. The Labute approximate surface area is 191 Å². The summed E-state index contributed by atoms with van der Waals surface area (Å²) in [5, 5.41) is 9.71. The second-order valence-electron chi connectivity index (χ2n) is 8.73. The third kappa shape index (κ3) is 3.18. The lowest BCUT2D eigenvalue weighted by Crippen LogP contribution is -2.51. The van der Waals surface area contributed by atoms with E-state index < -0.39 is 0 Å². The van der Waals surface area contributed by atoms with E-state index in [1.165, 1.54) is 0 Å². The Morgan fingerprint density at radius 1 is 1.19 bits per heavy atom. The quantitative estimate of drug-likeness (QED) is 0.601. The summed E-state index contributed by atoms with van der Waals surface area (Å²) in [6.45, 7) is 6.48. The number of piperidine rings is 1. The minimum atomic E-state index is 0.0526. The third-order valence-electron chi connectivity index (χ3n) is 7.00. The Kier molecular flexibility index (Phi) is 5.05. The molecule has 4 N–H and O–H groups in total. The summed E-state index contributed by atoms with van der Waals surface area (Å²) in [5.41, 5.74) is 15.9. The Hall–Kier alpha value is -2.06. The molecule has 0 unspecified atom stereocenters. The number of nitrogen functional groups attached to an aromatic ring is 1. The Morgan fingerprint density at radius 3 is 2.61 bits per heavy atom. The largest absolute Gasteiger partial charge is 0.398 e. The lowest BCUT2D eigenvalue weighted by atomic mass is 9.73. The number of anilines is 2. The zero-order valence-electron chi connectivity index (χ0n) is 17.6. The van der Waals surface area contributed by atoms with Crippen LogP contribution in [0.4, 0.5) is 11.5 Å². The van der Waals surface area contributed by atoms with E-state index in [0.29, 0.717) is 21.4 Å². The molecule has 7 nitrogen and oxygen atoms in total. The highest BCUT2D eigenvalue weighted by Gasteiger charge is 2.47. The van der Waals surface area contributed by atoms with Gasteiger partial charge in [-0.3, -0.25) is 4.40 Å². The molecule has 2 aromatic heterocycles. The standard InChI is InChI=1S/C22H26Cl2N6O/c1-12-20(26)22(11-31-12)6-8-29(9-7-22)17-10-16(25)18(21-28-27-13(2)30(17)21)14-4-3-5-15(23)19(14)24/h3-5,10,12,20H,6-9,11,25-26H2,1-2H3/t12-,20+/m0/s1. The van der Waals surface area contributed by atoms with Gasteiger partial charge in [0.25, 0.3) is 0 Å². The number of fused-ring (bicyclic) bond motifs is 1. The molecule has 2 atom stereocenters. The molecule has 1 spiro atoms. The number of nitrogens with two attached hydrogens (primary N) is 2. The first-order chi connectivity index (χ1) is 14.8. The van der Waals surface area contributed by atoms with E-state index in [1.807, 2.05) is 25.1 Å². The average Bonchev–Trinajstić information content (AvgIpc) is 3.27. The van der Waals surface area contributed by atoms with Gasteiger partial charge in [-0.05, 0) is 32.8 Å². The SMILES string of the molecule is Cc1nnc2c(-c3cccc(Cl)c3Cl)c(N)cc(N3CCC4(CC3)CO[C@@H](C)[C@H]4N)n12. The first-order valence-corrected chi connectivity index (χ1v) is 11.3. The van der Waals surface area contributed by atoms with Gasteiger partial charge in [-0.25, -0.2) is 0 Å². The number of aromatic nitrogens is 3. The van der Waals surface area contributed by atoms with Crippen LogP contribution in [0.15, 0.2) is 24.3 Å². The minimum absolute atomic E-state index is 0.0526. The molecule has 3 aromatic rings. The van der Waals surface area contributed by atoms with Crippen LogP contribution in [0.2, 0.25) is 10.0 Å². The van der Waals surface area contributed by atoms with Crippen molar-refractivity contribution in [1.29, 1.82) is 0 Å². The number of aryl methyl sites for hydroxylation is 1. The average molecular weight is 461 g/mol. The van der Waals surface area contributed by atoms with Crippen molar-refractivity contribution in [3.8, 4) is 11.1 Å². The summed E-state index contributed by atoms with van der Waals surface area (Å²) in [6.07, 6.45) is 2.06. The number of rotatable bonds is 2.